The van der Waals surface area contributed by atoms with E-state index in [9.17, 15) is 9.59 Å². The number of aromatic nitrogens is 3. The van der Waals surface area contributed by atoms with Crippen LogP contribution >= 0.6 is 23.2 Å². The molecule has 1 aromatic heterocycles. The van der Waals surface area contributed by atoms with Crippen molar-refractivity contribution in [3.63, 3.8) is 0 Å². The van der Waals surface area contributed by atoms with Crippen LogP contribution in [0.15, 0.2) is 48.5 Å². The molecule has 1 aliphatic rings. The molecule has 2 amide bonds. The van der Waals surface area contributed by atoms with E-state index in [2.05, 4.69) is 20.7 Å². The summed E-state index contributed by atoms with van der Waals surface area (Å²) in [7, 11) is 0. The maximum atomic E-state index is 12.4. The van der Waals surface area contributed by atoms with Crippen LogP contribution in [0.3, 0.4) is 0 Å². The van der Waals surface area contributed by atoms with Crippen molar-refractivity contribution < 1.29 is 9.59 Å². The van der Waals surface area contributed by atoms with Crippen molar-refractivity contribution in [1.82, 2.24) is 14.8 Å². The van der Waals surface area contributed by atoms with E-state index in [1.54, 1.807) is 18.2 Å². The van der Waals surface area contributed by atoms with E-state index >= 15 is 0 Å². The molecule has 9 heteroatoms. The lowest BCUT2D eigenvalue weighted by molar-refractivity contribution is -0.123. The van der Waals surface area contributed by atoms with Gasteiger partial charge in [-0.1, -0.05) is 53.5 Å². The predicted molar refractivity (Wildman–Crippen MR) is 103 cm³/mol. The molecule has 136 valence electrons. The van der Waals surface area contributed by atoms with Crippen molar-refractivity contribution in [2.24, 2.45) is 0 Å². The number of nitrogens with one attached hydrogen (secondary N) is 2. The summed E-state index contributed by atoms with van der Waals surface area (Å²) in [5.74, 6) is 0.138. The maximum Gasteiger partial charge on any atom is 0.252 e. The third kappa shape index (κ3) is 3.51. The Labute approximate surface area is 164 Å². The fourth-order valence-corrected chi connectivity index (χ4v) is 3.08. The minimum absolute atomic E-state index is 0.0866. The zero-order valence-corrected chi connectivity index (χ0v) is 15.3. The number of carbonyl (C=O) groups excluding carboxylic acids is 2. The molecule has 7 nitrogen and oxygen atoms in total. The highest BCUT2D eigenvalue weighted by Gasteiger charge is 2.35. The summed E-state index contributed by atoms with van der Waals surface area (Å²) < 4.78 is 1.44. The molecule has 0 spiro atoms. The third-order valence-electron chi connectivity index (χ3n) is 4.08. The number of hydrogen-bond donors (Lipinski definition) is 2. The minimum Gasteiger partial charge on any atom is -0.326 e. The van der Waals surface area contributed by atoms with Crippen molar-refractivity contribution >= 4 is 46.7 Å². The van der Waals surface area contributed by atoms with Gasteiger partial charge >= 0.3 is 0 Å². The summed E-state index contributed by atoms with van der Waals surface area (Å²) in [6, 6.07) is 13.4. The fourth-order valence-electron chi connectivity index (χ4n) is 2.78. The molecule has 0 bridgehead atoms. The molecule has 0 saturated heterocycles. The Hall–Kier alpha value is -2.90. The number of halogens is 2. The molecule has 0 radical (unpaired) electrons. The van der Waals surface area contributed by atoms with Gasteiger partial charge in [0, 0.05) is 11.3 Å². The number of benzene rings is 2. The van der Waals surface area contributed by atoms with Crippen LogP contribution < -0.4 is 10.6 Å². The summed E-state index contributed by atoms with van der Waals surface area (Å²) in [6.07, 6.45) is -0.0866. The number of anilines is 2. The maximum absolute atomic E-state index is 12.4. The normalized spacial score (nSPS) is 15.3. The van der Waals surface area contributed by atoms with Crippen LogP contribution in [0.5, 0.6) is 0 Å². The van der Waals surface area contributed by atoms with Gasteiger partial charge in [-0.2, -0.15) is 4.98 Å². The van der Waals surface area contributed by atoms with Gasteiger partial charge in [-0.3, -0.25) is 14.9 Å². The van der Waals surface area contributed by atoms with Gasteiger partial charge < -0.3 is 5.32 Å². The topological polar surface area (TPSA) is 88.9 Å². The number of nitrogens with zero attached hydrogens (tertiary/aromatic N) is 3. The largest absolute Gasteiger partial charge is 0.326 e. The van der Waals surface area contributed by atoms with Crippen molar-refractivity contribution in [3.8, 4) is 11.4 Å². The first-order valence-corrected chi connectivity index (χ1v) is 8.84. The van der Waals surface area contributed by atoms with Crippen LogP contribution in [-0.4, -0.2) is 26.6 Å². The Morgan fingerprint density at radius 1 is 1.15 bits per heavy atom. The second-order valence-electron chi connectivity index (χ2n) is 5.96. The van der Waals surface area contributed by atoms with Gasteiger partial charge in [-0.25, -0.2) is 4.68 Å². The fraction of sp³-hybridized carbons (Fsp3) is 0.111. The van der Waals surface area contributed by atoms with E-state index in [1.165, 1.54) is 4.68 Å². The van der Waals surface area contributed by atoms with Gasteiger partial charge in [0.2, 0.25) is 11.9 Å². The van der Waals surface area contributed by atoms with Gasteiger partial charge in [0.25, 0.3) is 5.91 Å². The SMILES string of the molecule is O=C(CC1C(=O)Nc2nc(-c3ccccc3)nn21)Nc1ccc(Cl)c(Cl)c1. The molecule has 2 N–H and O–H groups in total. The standard InChI is InChI=1S/C18H13Cl2N5O2/c19-12-7-6-11(8-13(12)20)21-15(26)9-14-17(27)23-18-22-16(24-25(14)18)10-4-2-1-3-5-10/h1-8,14H,9H2,(H,21,26)(H,22,23,24,27). The summed E-state index contributed by atoms with van der Waals surface area (Å²) in [5.41, 5.74) is 1.32. The van der Waals surface area contributed by atoms with Crippen LogP contribution in [0.1, 0.15) is 12.5 Å². The van der Waals surface area contributed by atoms with E-state index in [0.717, 1.165) is 5.56 Å². The van der Waals surface area contributed by atoms with Gasteiger partial charge in [0.15, 0.2) is 5.82 Å². The molecular weight excluding hydrogens is 389 g/mol. The van der Waals surface area contributed by atoms with Crippen molar-refractivity contribution in [2.75, 3.05) is 10.6 Å². The quantitative estimate of drug-likeness (QED) is 0.695. The molecule has 1 unspecified atom stereocenters. The summed E-state index contributed by atoms with van der Waals surface area (Å²) >= 11 is 11.8. The molecule has 0 aliphatic carbocycles. The molecular formula is C18H13Cl2N5O2. The molecule has 4 rings (SSSR count). The lowest BCUT2D eigenvalue weighted by atomic mass is 10.2. The lowest BCUT2D eigenvalue weighted by Gasteiger charge is -2.10. The Morgan fingerprint density at radius 2 is 1.93 bits per heavy atom. The summed E-state index contributed by atoms with van der Waals surface area (Å²) in [5, 5.41) is 10.5. The van der Waals surface area contributed by atoms with Crippen molar-refractivity contribution in [3.05, 3.63) is 58.6 Å². The number of hydrogen-bond acceptors (Lipinski definition) is 4. The average Bonchev–Trinajstić information content (AvgIpc) is 3.18. The number of fused-ring (bicyclic) bond motifs is 1. The molecule has 2 heterocycles. The van der Waals surface area contributed by atoms with Crippen LogP contribution in [0.25, 0.3) is 11.4 Å². The highest BCUT2D eigenvalue weighted by molar-refractivity contribution is 6.42. The van der Waals surface area contributed by atoms with E-state index in [1.807, 2.05) is 30.3 Å². The summed E-state index contributed by atoms with van der Waals surface area (Å²) in [6.45, 7) is 0. The number of rotatable bonds is 4. The van der Waals surface area contributed by atoms with E-state index in [0.29, 0.717) is 27.5 Å². The van der Waals surface area contributed by atoms with E-state index < -0.39 is 6.04 Å². The first kappa shape index (κ1) is 17.5. The van der Waals surface area contributed by atoms with Crippen LogP contribution in [0, 0.1) is 0 Å². The predicted octanol–water partition coefficient (Wildman–Crippen LogP) is 3.77. The third-order valence-corrected chi connectivity index (χ3v) is 4.82. The Balaban J connectivity index is 1.51. The monoisotopic (exact) mass is 401 g/mol. The van der Waals surface area contributed by atoms with Crippen molar-refractivity contribution in [2.45, 2.75) is 12.5 Å². The Kier molecular flexibility index (Phi) is 4.55. The molecule has 0 saturated carbocycles. The second kappa shape index (κ2) is 7.02. The van der Waals surface area contributed by atoms with Crippen LogP contribution in [0.4, 0.5) is 11.6 Å². The van der Waals surface area contributed by atoms with Crippen LogP contribution in [0.2, 0.25) is 10.0 Å². The smallest absolute Gasteiger partial charge is 0.252 e. The van der Waals surface area contributed by atoms with Crippen molar-refractivity contribution in [1.29, 1.82) is 0 Å². The molecule has 1 atom stereocenters. The first-order valence-electron chi connectivity index (χ1n) is 8.09. The molecule has 3 aromatic rings. The van der Waals surface area contributed by atoms with Crippen LogP contribution in [-0.2, 0) is 9.59 Å². The molecule has 0 fully saturated rings. The number of carbonyl (C=O) groups is 2. The second-order valence-corrected chi connectivity index (χ2v) is 6.77. The van der Waals surface area contributed by atoms with E-state index in [4.69, 9.17) is 23.2 Å². The zero-order chi connectivity index (χ0) is 19.0. The molecule has 2 aromatic carbocycles. The van der Waals surface area contributed by atoms with Gasteiger partial charge in [-0.05, 0) is 18.2 Å². The lowest BCUT2D eigenvalue weighted by Crippen LogP contribution is -2.23. The van der Waals surface area contributed by atoms with E-state index in [-0.39, 0.29) is 18.2 Å². The first-order chi connectivity index (χ1) is 13.0. The molecule has 1 aliphatic heterocycles. The van der Waals surface area contributed by atoms with Gasteiger partial charge in [-0.15, -0.1) is 5.10 Å². The zero-order valence-electron chi connectivity index (χ0n) is 13.8. The average molecular weight is 402 g/mol. The Bertz CT molecular complexity index is 1040. The summed E-state index contributed by atoms with van der Waals surface area (Å²) in [4.78, 5) is 28.9. The molecule has 27 heavy (non-hydrogen) atoms. The minimum atomic E-state index is -0.771. The van der Waals surface area contributed by atoms with Gasteiger partial charge in [0.05, 0.1) is 16.5 Å². The van der Waals surface area contributed by atoms with Gasteiger partial charge in [0.1, 0.15) is 6.04 Å². The highest BCUT2D eigenvalue weighted by Crippen LogP contribution is 2.29. The highest BCUT2D eigenvalue weighted by atomic mass is 35.5. The number of amides is 2. The Morgan fingerprint density at radius 3 is 2.67 bits per heavy atom.